The van der Waals surface area contributed by atoms with Crippen molar-refractivity contribution in [2.24, 2.45) is 0 Å². The third kappa shape index (κ3) is 3.55. The fourth-order valence-corrected chi connectivity index (χ4v) is 3.92. The molecule has 1 aliphatic rings. The third-order valence-corrected chi connectivity index (χ3v) is 5.14. The first-order valence-corrected chi connectivity index (χ1v) is 9.38. The zero-order valence-electron chi connectivity index (χ0n) is 14.1. The van der Waals surface area contributed by atoms with E-state index in [1.165, 1.54) is 16.9 Å². The third-order valence-electron chi connectivity index (χ3n) is 4.37. The molecule has 7 nitrogen and oxygen atoms in total. The van der Waals surface area contributed by atoms with Gasteiger partial charge in [0.15, 0.2) is 4.96 Å². The number of carbonyl (C=O) groups excluding carboxylic acids is 2. The van der Waals surface area contributed by atoms with Gasteiger partial charge in [0, 0.05) is 30.0 Å². The van der Waals surface area contributed by atoms with Crippen molar-refractivity contribution >= 4 is 33.8 Å². The maximum atomic E-state index is 12.2. The summed E-state index contributed by atoms with van der Waals surface area (Å²) in [5, 5.41) is 1.94. The molecule has 2 amide bonds. The van der Waals surface area contributed by atoms with Crippen LogP contribution in [0, 0.1) is 0 Å². The van der Waals surface area contributed by atoms with Gasteiger partial charge in [0.25, 0.3) is 5.91 Å². The van der Waals surface area contributed by atoms with Gasteiger partial charge < -0.3 is 4.90 Å². The van der Waals surface area contributed by atoms with Crippen LogP contribution in [0.4, 0.5) is 5.69 Å². The molecule has 0 radical (unpaired) electrons. The summed E-state index contributed by atoms with van der Waals surface area (Å²) in [5.41, 5.74) is 8.00. The number of imidazole rings is 1. The number of amides is 2. The van der Waals surface area contributed by atoms with Crippen LogP contribution < -0.4 is 15.8 Å². The zero-order valence-corrected chi connectivity index (χ0v) is 15.0. The lowest BCUT2D eigenvalue weighted by Crippen LogP contribution is -2.47. The van der Waals surface area contributed by atoms with E-state index in [1.54, 1.807) is 0 Å². The van der Waals surface area contributed by atoms with E-state index < -0.39 is 0 Å². The van der Waals surface area contributed by atoms with Crippen molar-refractivity contribution in [1.82, 2.24) is 20.2 Å². The Bertz CT molecular complexity index is 919. The van der Waals surface area contributed by atoms with E-state index >= 15 is 0 Å². The number of anilines is 1. The molecular formula is C18H19N5O2S. The van der Waals surface area contributed by atoms with Gasteiger partial charge in [-0.25, -0.2) is 4.98 Å². The average molecular weight is 369 g/mol. The van der Waals surface area contributed by atoms with Crippen LogP contribution in [0.5, 0.6) is 0 Å². The van der Waals surface area contributed by atoms with Gasteiger partial charge in [-0.05, 0) is 24.5 Å². The SMILES string of the molecule is O=C(Cc1cn2ccsc2n1)NNC(=O)CN1CCCc2ccccc21. The summed E-state index contributed by atoms with van der Waals surface area (Å²) in [6.45, 7) is 1.06. The lowest BCUT2D eigenvalue weighted by molar-refractivity contribution is -0.127. The molecule has 8 heteroatoms. The smallest absolute Gasteiger partial charge is 0.257 e. The summed E-state index contributed by atoms with van der Waals surface area (Å²) in [4.78, 5) is 31.5. The molecule has 0 unspecified atom stereocenters. The summed E-state index contributed by atoms with van der Waals surface area (Å²) in [6.07, 6.45) is 5.90. The van der Waals surface area contributed by atoms with Gasteiger partial charge in [-0.3, -0.25) is 24.8 Å². The highest BCUT2D eigenvalue weighted by Crippen LogP contribution is 2.26. The number of nitrogens with one attached hydrogen (secondary N) is 2. The molecule has 0 spiro atoms. The summed E-state index contributed by atoms with van der Waals surface area (Å²) in [5.74, 6) is -0.524. The number of carbonyl (C=O) groups is 2. The highest BCUT2D eigenvalue weighted by Gasteiger charge is 2.19. The number of aryl methyl sites for hydroxylation is 1. The largest absolute Gasteiger partial charge is 0.362 e. The minimum Gasteiger partial charge on any atom is -0.362 e. The summed E-state index contributed by atoms with van der Waals surface area (Å²) in [6, 6.07) is 8.12. The molecule has 0 fully saturated rings. The molecule has 4 rings (SSSR count). The second-order valence-corrected chi connectivity index (χ2v) is 7.13. The Morgan fingerprint density at radius 1 is 1.19 bits per heavy atom. The molecule has 1 aromatic carbocycles. The van der Waals surface area contributed by atoms with E-state index in [4.69, 9.17) is 0 Å². The first-order chi connectivity index (χ1) is 12.7. The van der Waals surface area contributed by atoms with Gasteiger partial charge in [0.2, 0.25) is 5.91 Å². The van der Waals surface area contributed by atoms with Gasteiger partial charge >= 0.3 is 0 Å². The average Bonchev–Trinajstić information content (AvgIpc) is 3.22. The second-order valence-electron chi connectivity index (χ2n) is 6.25. The molecule has 3 aromatic rings. The Morgan fingerprint density at radius 2 is 2.04 bits per heavy atom. The fraction of sp³-hybridized carbons (Fsp3) is 0.278. The highest BCUT2D eigenvalue weighted by molar-refractivity contribution is 7.15. The zero-order chi connectivity index (χ0) is 17.9. The Hall–Kier alpha value is -2.87. The number of fused-ring (bicyclic) bond motifs is 2. The van der Waals surface area contributed by atoms with Crippen LogP contribution in [0.3, 0.4) is 0 Å². The van der Waals surface area contributed by atoms with Crippen LogP contribution in [0.25, 0.3) is 4.96 Å². The van der Waals surface area contributed by atoms with E-state index in [2.05, 4.69) is 21.9 Å². The molecule has 26 heavy (non-hydrogen) atoms. The number of aromatic nitrogens is 2. The minimum absolute atomic E-state index is 0.126. The molecular weight excluding hydrogens is 350 g/mol. The van der Waals surface area contributed by atoms with Crippen molar-refractivity contribution in [3.05, 3.63) is 53.3 Å². The van der Waals surface area contributed by atoms with Gasteiger partial charge in [-0.1, -0.05) is 18.2 Å². The number of thiazole rings is 1. The number of hydrogen-bond acceptors (Lipinski definition) is 5. The van der Waals surface area contributed by atoms with Gasteiger partial charge in [0.1, 0.15) is 0 Å². The van der Waals surface area contributed by atoms with Crippen LogP contribution in [0.15, 0.2) is 42.0 Å². The molecule has 2 aromatic heterocycles. The van der Waals surface area contributed by atoms with Crippen molar-refractivity contribution in [3.8, 4) is 0 Å². The summed E-state index contributed by atoms with van der Waals surface area (Å²) >= 11 is 1.51. The molecule has 0 aliphatic carbocycles. The number of hydrogen-bond donors (Lipinski definition) is 2. The Balaban J connectivity index is 1.29. The second kappa shape index (κ2) is 7.17. The Kier molecular flexibility index (Phi) is 4.57. The van der Waals surface area contributed by atoms with E-state index in [1.807, 2.05) is 45.3 Å². The molecule has 1 aliphatic heterocycles. The highest BCUT2D eigenvalue weighted by atomic mass is 32.1. The van der Waals surface area contributed by atoms with Crippen molar-refractivity contribution in [3.63, 3.8) is 0 Å². The van der Waals surface area contributed by atoms with Crippen molar-refractivity contribution in [2.75, 3.05) is 18.0 Å². The predicted octanol–water partition coefficient (Wildman–Crippen LogP) is 1.54. The Labute approximate surface area is 154 Å². The summed E-state index contributed by atoms with van der Waals surface area (Å²) < 4.78 is 1.87. The number of rotatable bonds is 4. The number of hydrazine groups is 1. The Morgan fingerprint density at radius 3 is 2.92 bits per heavy atom. The molecule has 134 valence electrons. The maximum absolute atomic E-state index is 12.2. The first-order valence-electron chi connectivity index (χ1n) is 8.50. The maximum Gasteiger partial charge on any atom is 0.257 e. The van der Waals surface area contributed by atoms with Crippen molar-refractivity contribution in [2.45, 2.75) is 19.3 Å². The fourth-order valence-electron chi connectivity index (χ4n) is 3.20. The van der Waals surface area contributed by atoms with E-state index in [-0.39, 0.29) is 24.8 Å². The number of benzene rings is 1. The van der Waals surface area contributed by atoms with Crippen LogP contribution in [-0.4, -0.2) is 34.3 Å². The molecule has 0 saturated carbocycles. The van der Waals surface area contributed by atoms with E-state index in [9.17, 15) is 9.59 Å². The van der Waals surface area contributed by atoms with Gasteiger partial charge in [0.05, 0.1) is 18.7 Å². The molecule has 0 bridgehead atoms. The van der Waals surface area contributed by atoms with E-state index in [0.717, 1.165) is 30.0 Å². The van der Waals surface area contributed by atoms with Crippen molar-refractivity contribution in [1.29, 1.82) is 0 Å². The molecule has 0 atom stereocenters. The lowest BCUT2D eigenvalue weighted by Gasteiger charge is -2.30. The lowest BCUT2D eigenvalue weighted by atomic mass is 10.0. The standard InChI is InChI=1S/C18H19N5O2S/c24-16(10-14-11-23-8-9-26-18(23)19-14)20-21-17(25)12-22-7-3-5-13-4-1-2-6-15(13)22/h1-2,4,6,8-9,11H,3,5,7,10,12H2,(H,20,24)(H,21,25). The number of nitrogens with zero attached hydrogens (tertiary/aromatic N) is 3. The normalized spacial score (nSPS) is 13.5. The van der Waals surface area contributed by atoms with Gasteiger partial charge in [-0.15, -0.1) is 11.3 Å². The van der Waals surface area contributed by atoms with Crippen LogP contribution >= 0.6 is 11.3 Å². The van der Waals surface area contributed by atoms with E-state index in [0.29, 0.717) is 5.69 Å². The van der Waals surface area contributed by atoms with Crippen LogP contribution in [0.2, 0.25) is 0 Å². The predicted molar refractivity (Wildman–Crippen MR) is 100 cm³/mol. The molecule has 3 heterocycles. The monoisotopic (exact) mass is 369 g/mol. The quantitative estimate of drug-likeness (QED) is 0.684. The number of para-hydroxylation sites is 1. The molecule has 0 saturated heterocycles. The summed E-state index contributed by atoms with van der Waals surface area (Å²) in [7, 11) is 0. The molecule has 2 N–H and O–H groups in total. The van der Waals surface area contributed by atoms with Crippen LogP contribution in [-0.2, 0) is 22.4 Å². The topological polar surface area (TPSA) is 78.7 Å². The first kappa shape index (κ1) is 16.6. The van der Waals surface area contributed by atoms with Crippen LogP contribution in [0.1, 0.15) is 17.7 Å². The minimum atomic E-state index is -0.289. The van der Waals surface area contributed by atoms with Crippen molar-refractivity contribution < 1.29 is 9.59 Å². The van der Waals surface area contributed by atoms with Gasteiger partial charge in [-0.2, -0.15) is 0 Å².